The van der Waals surface area contributed by atoms with Crippen molar-refractivity contribution in [1.82, 2.24) is 0 Å². The monoisotopic (exact) mass is 265 g/mol. The van der Waals surface area contributed by atoms with Gasteiger partial charge in [-0.3, -0.25) is 0 Å². The minimum Gasteiger partial charge on any atom is -0.382 e. The average Bonchev–Trinajstić information content (AvgIpc) is 2.46. The van der Waals surface area contributed by atoms with Crippen LogP contribution in [0.2, 0.25) is 0 Å². The fourth-order valence-corrected chi connectivity index (χ4v) is 3.03. The fraction of sp³-hybridized carbons (Fsp3) is 0.368. The summed E-state index contributed by atoms with van der Waals surface area (Å²) in [7, 11) is 0. The van der Waals surface area contributed by atoms with Crippen LogP contribution in [0.15, 0.2) is 42.5 Å². The van der Waals surface area contributed by atoms with E-state index in [4.69, 9.17) is 0 Å². The zero-order chi connectivity index (χ0) is 13.9. The normalized spacial score (nSPS) is 17.4. The molecule has 0 fully saturated rings. The third-order valence-electron chi connectivity index (χ3n) is 4.36. The molecule has 0 aromatic heterocycles. The highest BCUT2D eigenvalue weighted by Gasteiger charge is 2.13. The molecule has 20 heavy (non-hydrogen) atoms. The third kappa shape index (κ3) is 2.87. The molecule has 3 rings (SSSR count). The van der Waals surface area contributed by atoms with E-state index in [9.17, 15) is 0 Å². The molecule has 1 nitrogen and oxygen atoms in total. The molecule has 0 aliphatic carbocycles. The first-order chi connectivity index (χ1) is 9.72. The van der Waals surface area contributed by atoms with Crippen LogP contribution in [-0.4, -0.2) is 6.04 Å². The molecule has 1 N–H and O–H groups in total. The second-order valence-electron chi connectivity index (χ2n) is 6.00. The van der Waals surface area contributed by atoms with Crippen LogP contribution in [0.3, 0.4) is 0 Å². The first kappa shape index (κ1) is 13.2. The summed E-state index contributed by atoms with van der Waals surface area (Å²) in [6.45, 7) is 4.46. The molecule has 104 valence electrons. The topological polar surface area (TPSA) is 12.0 Å². The Morgan fingerprint density at radius 3 is 2.80 bits per heavy atom. The summed E-state index contributed by atoms with van der Waals surface area (Å²) in [5, 5.41) is 3.57. The predicted octanol–water partition coefficient (Wildman–Crippen LogP) is 4.53. The lowest BCUT2D eigenvalue weighted by molar-refractivity contribution is 0.680. The lowest BCUT2D eigenvalue weighted by Crippen LogP contribution is -2.21. The van der Waals surface area contributed by atoms with Crippen LogP contribution < -0.4 is 5.32 Å². The van der Waals surface area contributed by atoms with E-state index in [1.807, 2.05) is 0 Å². The minimum atomic E-state index is 0.611. The molecule has 2 aromatic carbocycles. The Morgan fingerprint density at radius 2 is 1.95 bits per heavy atom. The summed E-state index contributed by atoms with van der Waals surface area (Å²) >= 11 is 0. The summed E-state index contributed by atoms with van der Waals surface area (Å²) in [6.07, 6.45) is 4.72. The Labute approximate surface area is 122 Å². The van der Waals surface area contributed by atoms with Gasteiger partial charge >= 0.3 is 0 Å². The van der Waals surface area contributed by atoms with Crippen LogP contribution in [0.1, 0.15) is 35.6 Å². The summed E-state index contributed by atoms with van der Waals surface area (Å²) in [4.78, 5) is 0. The number of rotatable bonds is 3. The molecular formula is C19H23N. The van der Waals surface area contributed by atoms with Crippen LogP contribution in [0, 0.1) is 6.92 Å². The lowest BCUT2D eigenvalue weighted by atomic mass is 9.94. The van der Waals surface area contributed by atoms with Gasteiger partial charge in [-0.05, 0) is 67.9 Å². The summed E-state index contributed by atoms with van der Waals surface area (Å²) in [5.41, 5.74) is 7.16. The lowest BCUT2D eigenvalue weighted by Gasteiger charge is -2.24. The molecule has 0 radical (unpaired) electrons. The van der Waals surface area contributed by atoms with Crippen molar-refractivity contribution < 1.29 is 0 Å². The molecule has 1 atom stereocenters. The first-order valence-electron chi connectivity index (χ1n) is 7.65. The number of fused-ring (bicyclic) bond motifs is 1. The van der Waals surface area contributed by atoms with E-state index in [1.165, 1.54) is 40.8 Å². The average molecular weight is 265 g/mol. The van der Waals surface area contributed by atoms with E-state index in [0.29, 0.717) is 6.04 Å². The number of anilines is 1. The van der Waals surface area contributed by atoms with E-state index < -0.39 is 0 Å². The SMILES string of the molecule is Cc1ccccc1CCc1ccc2c(c1)CCC(C)N2. The largest absolute Gasteiger partial charge is 0.382 e. The van der Waals surface area contributed by atoms with Gasteiger partial charge in [0.1, 0.15) is 0 Å². The smallest absolute Gasteiger partial charge is 0.0374 e. The Morgan fingerprint density at radius 1 is 1.10 bits per heavy atom. The molecule has 1 aliphatic heterocycles. The Kier molecular flexibility index (Phi) is 3.77. The molecule has 1 aliphatic rings. The van der Waals surface area contributed by atoms with Crippen molar-refractivity contribution in [2.75, 3.05) is 5.32 Å². The predicted molar refractivity (Wildman–Crippen MR) is 86.4 cm³/mol. The number of nitrogens with one attached hydrogen (secondary N) is 1. The van der Waals surface area contributed by atoms with Crippen LogP contribution in [-0.2, 0) is 19.3 Å². The quantitative estimate of drug-likeness (QED) is 0.860. The van der Waals surface area contributed by atoms with E-state index in [1.54, 1.807) is 0 Å². The van der Waals surface area contributed by atoms with Crippen LogP contribution in [0.25, 0.3) is 0 Å². The van der Waals surface area contributed by atoms with Crippen LogP contribution in [0.4, 0.5) is 5.69 Å². The maximum absolute atomic E-state index is 3.57. The van der Waals surface area contributed by atoms with Crippen molar-refractivity contribution in [3.05, 3.63) is 64.7 Å². The third-order valence-corrected chi connectivity index (χ3v) is 4.36. The van der Waals surface area contributed by atoms with Gasteiger partial charge in [-0.25, -0.2) is 0 Å². The number of hydrogen-bond acceptors (Lipinski definition) is 1. The molecule has 0 bridgehead atoms. The van der Waals surface area contributed by atoms with E-state index in [0.717, 1.165) is 12.8 Å². The van der Waals surface area contributed by atoms with Crippen LogP contribution in [0.5, 0.6) is 0 Å². The van der Waals surface area contributed by atoms with Gasteiger partial charge < -0.3 is 5.32 Å². The Balaban J connectivity index is 1.71. The number of hydrogen-bond donors (Lipinski definition) is 1. The van der Waals surface area contributed by atoms with Crippen LogP contribution >= 0.6 is 0 Å². The van der Waals surface area contributed by atoms with Gasteiger partial charge in [-0.2, -0.15) is 0 Å². The molecular weight excluding hydrogens is 242 g/mol. The zero-order valence-electron chi connectivity index (χ0n) is 12.4. The highest BCUT2D eigenvalue weighted by molar-refractivity contribution is 5.55. The highest BCUT2D eigenvalue weighted by atomic mass is 14.9. The molecule has 0 spiro atoms. The van der Waals surface area contributed by atoms with Crippen molar-refractivity contribution in [2.45, 2.75) is 45.6 Å². The van der Waals surface area contributed by atoms with Crippen molar-refractivity contribution in [1.29, 1.82) is 0 Å². The van der Waals surface area contributed by atoms with E-state index in [2.05, 4.69) is 61.6 Å². The maximum Gasteiger partial charge on any atom is 0.0374 e. The molecule has 0 amide bonds. The summed E-state index contributed by atoms with van der Waals surface area (Å²) < 4.78 is 0. The molecule has 0 saturated carbocycles. The second kappa shape index (κ2) is 5.70. The van der Waals surface area contributed by atoms with Gasteiger partial charge in [0.25, 0.3) is 0 Å². The standard InChI is InChI=1S/C19H23N/c1-14-5-3-4-6-17(14)11-8-16-9-12-19-18(13-16)10-7-15(2)20-19/h3-6,9,12-13,15,20H,7-8,10-11H2,1-2H3. The van der Waals surface area contributed by atoms with Crippen molar-refractivity contribution >= 4 is 5.69 Å². The van der Waals surface area contributed by atoms with Gasteiger partial charge in [0.2, 0.25) is 0 Å². The fourth-order valence-electron chi connectivity index (χ4n) is 3.03. The highest BCUT2D eigenvalue weighted by Crippen LogP contribution is 2.26. The van der Waals surface area contributed by atoms with Gasteiger partial charge in [-0.15, -0.1) is 0 Å². The van der Waals surface area contributed by atoms with Gasteiger partial charge in [0.05, 0.1) is 0 Å². The second-order valence-corrected chi connectivity index (χ2v) is 6.00. The number of aryl methyl sites for hydroxylation is 4. The maximum atomic E-state index is 3.57. The molecule has 1 heteroatoms. The van der Waals surface area contributed by atoms with Gasteiger partial charge in [0, 0.05) is 11.7 Å². The van der Waals surface area contributed by atoms with Gasteiger partial charge in [0.15, 0.2) is 0 Å². The molecule has 2 aromatic rings. The van der Waals surface area contributed by atoms with Gasteiger partial charge in [-0.1, -0.05) is 36.4 Å². The summed E-state index contributed by atoms with van der Waals surface area (Å²) in [6, 6.07) is 16.3. The first-order valence-corrected chi connectivity index (χ1v) is 7.65. The minimum absolute atomic E-state index is 0.611. The Bertz CT molecular complexity index is 600. The zero-order valence-corrected chi connectivity index (χ0v) is 12.4. The number of benzene rings is 2. The molecule has 1 heterocycles. The summed E-state index contributed by atoms with van der Waals surface area (Å²) in [5.74, 6) is 0. The van der Waals surface area contributed by atoms with E-state index >= 15 is 0 Å². The van der Waals surface area contributed by atoms with E-state index in [-0.39, 0.29) is 0 Å². The van der Waals surface area contributed by atoms with Crippen molar-refractivity contribution in [3.8, 4) is 0 Å². The molecule has 0 saturated heterocycles. The molecule has 1 unspecified atom stereocenters. The van der Waals surface area contributed by atoms with Crippen molar-refractivity contribution in [3.63, 3.8) is 0 Å². The Hall–Kier alpha value is -1.76. The van der Waals surface area contributed by atoms with Crippen molar-refractivity contribution in [2.24, 2.45) is 0 Å².